The van der Waals surface area contributed by atoms with E-state index in [-0.39, 0.29) is 0 Å². The van der Waals surface area contributed by atoms with E-state index in [1.807, 2.05) is 6.07 Å². The molecule has 1 unspecified atom stereocenters. The maximum absolute atomic E-state index is 14.0. The third-order valence-electron chi connectivity index (χ3n) is 3.29. The highest BCUT2D eigenvalue weighted by Crippen LogP contribution is 2.42. The van der Waals surface area contributed by atoms with Gasteiger partial charge in [0, 0.05) is 27.6 Å². The Kier molecular flexibility index (Phi) is 3.80. The maximum atomic E-state index is 14.0. The number of hydrogen-bond donors (Lipinski definition) is 0. The van der Waals surface area contributed by atoms with Gasteiger partial charge in [-0.15, -0.1) is 11.6 Å². The zero-order valence-corrected chi connectivity index (χ0v) is 12.6. The first-order chi connectivity index (χ1) is 9.56. The molecular weight excluding hydrogens is 322 g/mol. The number of hydrogen-bond acceptors (Lipinski definition) is 1. The fourth-order valence-electron chi connectivity index (χ4n) is 2.36. The lowest BCUT2D eigenvalue weighted by atomic mass is 10.00. The second-order valence-corrected chi connectivity index (χ2v) is 5.92. The predicted molar refractivity (Wildman–Crippen MR) is 79.8 cm³/mol. The van der Waals surface area contributed by atoms with Gasteiger partial charge in [-0.25, -0.2) is 4.39 Å². The summed E-state index contributed by atoms with van der Waals surface area (Å²) in [6.45, 7) is 0.593. The number of rotatable bonds is 2. The van der Waals surface area contributed by atoms with Crippen molar-refractivity contribution < 1.29 is 9.13 Å². The molecular formula is C15H10Cl3FO. The van der Waals surface area contributed by atoms with E-state index in [4.69, 9.17) is 39.5 Å². The van der Waals surface area contributed by atoms with Crippen LogP contribution in [0.4, 0.5) is 4.39 Å². The molecule has 0 bridgehead atoms. The minimum atomic E-state index is -0.669. The third-order valence-corrected chi connectivity index (χ3v) is 4.21. The lowest BCUT2D eigenvalue weighted by molar-refractivity contribution is 0.353. The van der Waals surface area contributed by atoms with E-state index in [0.717, 1.165) is 12.0 Å². The van der Waals surface area contributed by atoms with Crippen LogP contribution in [0.5, 0.6) is 5.75 Å². The molecule has 0 N–H and O–H groups in total. The SMILES string of the molecule is Fc1cc(Cl)ccc1C(Cl)c1cc(Cl)cc2c1OCC2. The van der Waals surface area contributed by atoms with Crippen molar-refractivity contribution in [3.05, 3.63) is 62.9 Å². The minimum Gasteiger partial charge on any atom is -0.493 e. The number of halogens is 4. The molecule has 20 heavy (non-hydrogen) atoms. The Morgan fingerprint density at radius 3 is 2.60 bits per heavy atom. The average molecular weight is 332 g/mol. The van der Waals surface area contributed by atoms with Crippen molar-refractivity contribution in [2.24, 2.45) is 0 Å². The van der Waals surface area contributed by atoms with Gasteiger partial charge in [-0.3, -0.25) is 0 Å². The van der Waals surface area contributed by atoms with E-state index in [0.29, 0.717) is 33.5 Å². The van der Waals surface area contributed by atoms with E-state index in [1.165, 1.54) is 6.07 Å². The number of ether oxygens (including phenoxy) is 1. The summed E-state index contributed by atoms with van der Waals surface area (Å²) in [4.78, 5) is 0. The van der Waals surface area contributed by atoms with Gasteiger partial charge in [0.2, 0.25) is 0 Å². The van der Waals surface area contributed by atoms with E-state index >= 15 is 0 Å². The molecule has 1 heterocycles. The monoisotopic (exact) mass is 330 g/mol. The summed E-state index contributed by atoms with van der Waals surface area (Å²) in [5.41, 5.74) is 2.05. The third kappa shape index (κ3) is 2.48. The summed E-state index contributed by atoms with van der Waals surface area (Å²) in [5, 5.41) is 0.241. The van der Waals surface area contributed by atoms with Crippen LogP contribution in [0.2, 0.25) is 10.0 Å². The van der Waals surface area contributed by atoms with Crippen LogP contribution in [0.1, 0.15) is 22.1 Å². The Bertz CT molecular complexity index is 672. The maximum Gasteiger partial charge on any atom is 0.129 e. The first kappa shape index (κ1) is 14.0. The molecule has 1 aliphatic heterocycles. The average Bonchev–Trinajstić information content (AvgIpc) is 2.85. The molecule has 2 aromatic rings. The lowest BCUT2D eigenvalue weighted by Gasteiger charge is -2.15. The van der Waals surface area contributed by atoms with Crippen molar-refractivity contribution in [2.45, 2.75) is 11.8 Å². The largest absolute Gasteiger partial charge is 0.493 e. The quantitative estimate of drug-likeness (QED) is 0.670. The first-order valence-corrected chi connectivity index (χ1v) is 7.29. The molecule has 0 fully saturated rings. The first-order valence-electron chi connectivity index (χ1n) is 6.10. The topological polar surface area (TPSA) is 9.23 Å². The summed E-state index contributed by atoms with van der Waals surface area (Å²) in [6.07, 6.45) is 0.787. The zero-order valence-electron chi connectivity index (χ0n) is 10.3. The van der Waals surface area contributed by atoms with Gasteiger partial charge >= 0.3 is 0 Å². The molecule has 1 atom stereocenters. The van der Waals surface area contributed by atoms with Crippen molar-refractivity contribution in [3.63, 3.8) is 0 Å². The van der Waals surface area contributed by atoms with Gasteiger partial charge in [-0.2, -0.15) is 0 Å². The van der Waals surface area contributed by atoms with E-state index in [1.54, 1.807) is 18.2 Å². The molecule has 0 amide bonds. The molecule has 2 aromatic carbocycles. The Balaban J connectivity index is 2.09. The summed E-state index contributed by atoms with van der Waals surface area (Å²) in [7, 11) is 0. The molecule has 0 spiro atoms. The summed E-state index contributed by atoms with van der Waals surface area (Å²) < 4.78 is 19.6. The molecule has 1 nitrogen and oxygen atoms in total. The Labute approximate surface area is 131 Å². The van der Waals surface area contributed by atoms with Gasteiger partial charge in [0.25, 0.3) is 0 Å². The predicted octanol–water partition coefficient (Wildman–Crippen LogP) is 5.40. The highest BCUT2D eigenvalue weighted by Gasteiger charge is 2.25. The van der Waals surface area contributed by atoms with E-state index in [2.05, 4.69) is 0 Å². The Hall–Kier alpha value is -0.960. The highest BCUT2D eigenvalue weighted by atomic mass is 35.5. The second-order valence-electron chi connectivity index (χ2n) is 4.61. The van der Waals surface area contributed by atoms with Crippen LogP contribution in [-0.4, -0.2) is 6.61 Å². The van der Waals surface area contributed by atoms with Crippen molar-refractivity contribution in [1.82, 2.24) is 0 Å². The van der Waals surface area contributed by atoms with Crippen molar-refractivity contribution in [3.8, 4) is 5.75 Å². The molecule has 5 heteroatoms. The molecule has 104 valence electrons. The van der Waals surface area contributed by atoms with E-state index < -0.39 is 11.2 Å². The molecule has 3 rings (SSSR count). The normalized spacial score (nSPS) is 14.8. The van der Waals surface area contributed by atoms with Gasteiger partial charge < -0.3 is 4.74 Å². The van der Waals surface area contributed by atoms with Crippen LogP contribution < -0.4 is 4.74 Å². The fourth-order valence-corrected chi connectivity index (χ4v) is 3.11. The Morgan fingerprint density at radius 2 is 1.85 bits per heavy atom. The summed E-state index contributed by atoms with van der Waals surface area (Å²) in [5.74, 6) is 0.271. The van der Waals surface area contributed by atoms with Crippen molar-refractivity contribution >= 4 is 34.8 Å². The van der Waals surface area contributed by atoms with Crippen LogP contribution in [0, 0.1) is 5.82 Å². The number of alkyl halides is 1. The molecule has 0 aromatic heterocycles. The molecule has 0 saturated heterocycles. The van der Waals surface area contributed by atoms with Crippen LogP contribution in [0.3, 0.4) is 0 Å². The second kappa shape index (κ2) is 5.44. The van der Waals surface area contributed by atoms with Crippen LogP contribution in [0.25, 0.3) is 0 Å². The van der Waals surface area contributed by atoms with Crippen LogP contribution in [-0.2, 0) is 6.42 Å². The highest BCUT2D eigenvalue weighted by molar-refractivity contribution is 6.31. The van der Waals surface area contributed by atoms with Crippen LogP contribution >= 0.6 is 34.8 Å². The van der Waals surface area contributed by atoms with Crippen LogP contribution in [0.15, 0.2) is 30.3 Å². The number of fused-ring (bicyclic) bond motifs is 1. The molecule has 0 radical (unpaired) electrons. The fraction of sp³-hybridized carbons (Fsp3) is 0.200. The number of benzene rings is 2. The van der Waals surface area contributed by atoms with Crippen molar-refractivity contribution in [1.29, 1.82) is 0 Å². The van der Waals surface area contributed by atoms with Gasteiger partial charge in [0.15, 0.2) is 0 Å². The summed E-state index contributed by atoms with van der Waals surface area (Å²) >= 11 is 18.3. The van der Waals surface area contributed by atoms with E-state index in [9.17, 15) is 4.39 Å². The molecule has 0 saturated carbocycles. The molecule has 0 aliphatic carbocycles. The Morgan fingerprint density at radius 1 is 1.05 bits per heavy atom. The van der Waals surface area contributed by atoms with Gasteiger partial charge in [0.05, 0.1) is 12.0 Å². The lowest BCUT2D eigenvalue weighted by Crippen LogP contribution is -2.00. The summed E-state index contributed by atoms with van der Waals surface area (Å²) in [6, 6.07) is 8.02. The van der Waals surface area contributed by atoms with Gasteiger partial charge in [-0.1, -0.05) is 29.3 Å². The van der Waals surface area contributed by atoms with Gasteiger partial charge in [-0.05, 0) is 29.8 Å². The zero-order chi connectivity index (χ0) is 14.3. The smallest absolute Gasteiger partial charge is 0.129 e. The van der Waals surface area contributed by atoms with Crippen molar-refractivity contribution in [2.75, 3.05) is 6.61 Å². The standard InChI is InChI=1S/C15H10Cl3FO/c16-9-1-2-11(13(19)7-9)14(18)12-6-10(17)5-8-3-4-20-15(8)12/h1-2,5-7,14H,3-4H2. The molecule has 1 aliphatic rings. The minimum absolute atomic E-state index is 0.336. The van der Waals surface area contributed by atoms with Gasteiger partial charge in [0.1, 0.15) is 11.6 Å².